The topological polar surface area (TPSA) is 87.3 Å². The summed E-state index contributed by atoms with van der Waals surface area (Å²) in [6.45, 7) is 3.68. The lowest BCUT2D eigenvalue weighted by molar-refractivity contribution is 0.262. The van der Waals surface area contributed by atoms with Gasteiger partial charge in [0.05, 0.1) is 10.6 Å². The van der Waals surface area contributed by atoms with E-state index in [1.165, 1.54) is 0 Å². The van der Waals surface area contributed by atoms with Gasteiger partial charge in [0, 0.05) is 11.4 Å². The van der Waals surface area contributed by atoms with Crippen LogP contribution in [0, 0.1) is 13.8 Å². The first-order valence-corrected chi connectivity index (χ1v) is 10.1. The number of sulfonamides is 1. The van der Waals surface area contributed by atoms with E-state index in [1.54, 1.807) is 61.5 Å². The highest BCUT2D eigenvalue weighted by Crippen LogP contribution is 2.24. The minimum absolute atomic E-state index is 0.178. The minimum Gasteiger partial charge on any atom is -0.308 e. The Morgan fingerprint density at radius 1 is 0.786 bits per heavy atom. The molecule has 2 amide bonds. The monoisotopic (exact) mass is 395 g/mol. The zero-order chi connectivity index (χ0) is 20.1. The molecule has 0 saturated heterocycles. The molecule has 3 rings (SSSR count). The number of benzene rings is 3. The second kappa shape index (κ2) is 8.14. The van der Waals surface area contributed by atoms with Crippen molar-refractivity contribution in [2.24, 2.45) is 0 Å². The molecule has 3 N–H and O–H groups in total. The molecule has 0 bridgehead atoms. The number of para-hydroxylation sites is 1. The van der Waals surface area contributed by atoms with Gasteiger partial charge in [-0.1, -0.05) is 42.0 Å². The van der Waals surface area contributed by atoms with Crippen molar-refractivity contribution in [1.82, 2.24) is 0 Å². The highest BCUT2D eigenvalue weighted by atomic mass is 32.2. The fourth-order valence-electron chi connectivity index (χ4n) is 2.55. The number of aryl methyl sites for hydroxylation is 2. The van der Waals surface area contributed by atoms with Gasteiger partial charge in [0.1, 0.15) is 0 Å². The first kappa shape index (κ1) is 19.4. The average molecular weight is 395 g/mol. The quantitative estimate of drug-likeness (QED) is 0.583. The Morgan fingerprint density at radius 3 is 2.11 bits per heavy atom. The van der Waals surface area contributed by atoms with Crippen molar-refractivity contribution < 1.29 is 13.2 Å². The molecular weight excluding hydrogens is 374 g/mol. The van der Waals surface area contributed by atoms with E-state index in [0.717, 1.165) is 11.1 Å². The number of hydrogen-bond donors (Lipinski definition) is 3. The van der Waals surface area contributed by atoms with Gasteiger partial charge in [-0.05, 0) is 55.8 Å². The molecule has 0 aliphatic carbocycles. The zero-order valence-electron chi connectivity index (χ0n) is 15.6. The number of carbonyl (C=O) groups is 1. The van der Waals surface area contributed by atoms with E-state index in [-0.39, 0.29) is 4.90 Å². The van der Waals surface area contributed by atoms with E-state index >= 15 is 0 Å². The summed E-state index contributed by atoms with van der Waals surface area (Å²) < 4.78 is 27.8. The number of carbonyl (C=O) groups excluding carboxylic acids is 1. The predicted molar refractivity (Wildman–Crippen MR) is 112 cm³/mol. The molecule has 144 valence electrons. The molecule has 3 aromatic carbocycles. The van der Waals surface area contributed by atoms with Crippen LogP contribution in [0.2, 0.25) is 0 Å². The van der Waals surface area contributed by atoms with Crippen LogP contribution in [0.4, 0.5) is 21.9 Å². The summed E-state index contributed by atoms with van der Waals surface area (Å²) >= 11 is 0. The molecule has 0 radical (unpaired) electrons. The zero-order valence-corrected chi connectivity index (χ0v) is 16.4. The summed E-state index contributed by atoms with van der Waals surface area (Å²) in [7, 11) is -3.72. The van der Waals surface area contributed by atoms with Gasteiger partial charge in [-0.2, -0.15) is 0 Å². The molecule has 28 heavy (non-hydrogen) atoms. The van der Waals surface area contributed by atoms with E-state index < -0.39 is 16.1 Å². The van der Waals surface area contributed by atoms with E-state index in [2.05, 4.69) is 15.4 Å². The fourth-order valence-corrected chi connectivity index (χ4v) is 3.67. The maximum atomic E-state index is 12.6. The summed E-state index contributed by atoms with van der Waals surface area (Å²) in [4.78, 5) is 12.3. The van der Waals surface area contributed by atoms with Crippen LogP contribution in [0.15, 0.2) is 77.7 Å². The number of anilines is 3. The van der Waals surface area contributed by atoms with Crippen molar-refractivity contribution in [3.8, 4) is 0 Å². The molecule has 6 nitrogen and oxygen atoms in total. The summed E-state index contributed by atoms with van der Waals surface area (Å²) in [5.74, 6) is 0. The molecule has 0 fully saturated rings. The third-order valence-corrected chi connectivity index (χ3v) is 5.48. The molecule has 3 aromatic rings. The van der Waals surface area contributed by atoms with Gasteiger partial charge >= 0.3 is 6.03 Å². The van der Waals surface area contributed by atoms with Gasteiger partial charge in [-0.25, -0.2) is 13.2 Å². The number of rotatable bonds is 5. The van der Waals surface area contributed by atoms with Crippen LogP contribution in [0.25, 0.3) is 0 Å². The Kier molecular flexibility index (Phi) is 5.65. The van der Waals surface area contributed by atoms with Gasteiger partial charge in [-0.3, -0.25) is 4.72 Å². The summed E-state index contributed by atoms with van der Waals surface area (Å²) in [6, 6.07) is 20.3. The van der Waals surface area contributed by atoms with Crippen molar-refractivity contribution >= 4 is 33.1 Å². The van der Waals surface area contributed by atoms with Crippen LogP contribution >= 0.6 is 0 Å². The Labute approximate surface area is 164 Å². The molecule has 0 unspecified atom stereocenters. The summed E-state index contributed by atoms with van der Waals surface area (Å²) in [5, 5.41) is 5.42. The molecule has 0 spiro atoms. The van der Waals surface area contributed by atoms with Gasteiger partial charge in [0.15, 0.2) is 0 Å². The van der Waals surface area contributed by atoms with Crippen molar-refractivity contribution in [3.05, 3.63) is 83.9 Å². The summed E-state index contributed by atoms with van der Waals surface area (Å²) in [5.41, 5.74) is 3.25. The lowest BCUT2D eigenvalue weighted by Crippen LogP contribution is -2.19. The Balaban J connectivity index is 1.76. The minimum atomic E-state index is -3.72. The van der Waals surface area contributed by atoms with E-state index in [4.69, 9.17) is 0 Å². The van der Waals surface area contributed by atoms with Crippen molar-refractivity contribution in [1.29, 1.82) is 0 Å². The van der Waals surface area contributed by atoms with Gasteiger partial charge in [0.2, 0.25) is 0 Å². The molecule has 0 aliphatic rings. The molecule has 0 saturated carbocycles. The normalized spacial score (nSPS) is 10.9. The third kappa shape index (κ3) is 4.89. The molecule has 0 aliphatic heterocycles. The van der Waals surface area contributed by atoms with Gasteiger partial charge in [-0.15, -0.1) is 0 Å². The highest BCUT2D eigenvalue weighted by molar-refractivity contribution is 7.92. The van der Waals surface area contributed by atoms with Crippen molar-refractivity contribution in [2.75, 3.05) is 15.4 Å². The molecule has 0 aromatic heterocycles. The predicted octanol–water partition coefficient (Wildman–Crippen LogP) is 4.75. The SMILES string of the molecule is Cc1ccc(S(=O)(=O)Nc2cc(NC(=O)Nc3ccccc3)ccc2C)cc1. The van der Waals surface area contributed by atoms with Crippen LogP contribution in [0.3, 0.4) is 0 Å². The Hall–Kier alpha value is -3.32. The average Bonchev–Trinajstić information content (AvgIpc) is 2.65. The second-order valence-electron chi connectivity index (χ2n) is 6.39. The Morgan fingerprint density at radius 2 is 1.43 bits per heavy atom. The third-order valence-electron chi connectivity index (χ3n) is 4.10. The van der Waals surface area contributed by atoms with E-state index in [9.17, 15) is 13.2 Å². The van der Waals surface area contributed by atoms with E-state index in [1.807, 2.05) is 25.1 Å². The highest BCUT2D eigenvalue weighted by Gasteiger charge is 2.15. The van der Waals surface area contributed by atoms with Crippen LogP contribution in [0.5, 0.6) is 0 Å². The molecule has 0 atom stereocenters. The molecule has 0 heterocycles. The van der Waals surface area contributed by atoms with Crippen LogP contribution in [0.1, 0.15) is 11.1 Å². The first-order chi connectivity index (χ1) is 13.3. The first-order valence-electron chi connectivity index (χ1n) is 8.67. The maximum Gasteiger partial charge on any atom is 0.323 e. The maximum absolute atomic E-state index is 12.6. The van der Waals surface area contributed by atoms with E-state index in [0.29, 0.717) is 17.1 Å². The number of nitrogens with one attached hydrogen (secondary N) is 3. The lowest BCUT2D eigenvalue weighted by Gasteiger charge is -2.13. The van der Waals surface area contributed by atoms with Crippen LogP contribution in [-0.4, -0.2) is 14.4 Å². The van der Waals surface area contributed by atoms with Crippen molar-refractivity contribution in [3.63, 3.8) is 0 Å². The lowest BCUT2D eigenvalue weighted by atomic mass is 10.2. The van der Waals surface area contributed by atoms with Crippen LogP contribution < -0.4 is 15.4 Å². The Bertz CT molecular complexity index is 1080. The molecule has 7 heteroatoms. The second-order valence-corrected chi connectivity index (χ2v) is 8.08. The number of hydrogen-bond acceptors (Lipinski definition) is 3. The largest absolute Gasteiger partial charge is 0.323 e. The fraction of sp³-hybridized carbons (Fsp3) is 0.0952. The smallest absolute Gasteiger partial charge is 0.308 e. The number of urea groups is 1. The molecular formula is C21H21N3O3S. The standard InChI is InChI=1S/C21H21N3O3S/c1-15-8-12-19(13-9-15)28(26,27)24-20-14-18(11-10-16(20)2)23-21(25)22-17-6-4-3-5-7-17/h3-14,24H,1-2H3,(H2,22,23,25). The van der Waals surface area contributed by atoms with Crippen molar-refractivity contribution in [2.45, 2.75) is 18.7 Å². The van der Waals surface area contributed by atoms with Crippen LogP contribution in [-0.2, 0) is 10.0 Å². The van der Waals surface area contributed by atoms with Gasteiger partial charge in [0.25, 0.3) is 10.0 Å². The number of amides is 2. The van der Waals surface area contributed by atoms with Gasteiger partial charge < -0.3 is 10.6 Å². The summed E-state index contributed by atoms with van der Waals surface area (Å²) in [6.07, 6.45) is 0.